The number of carbonyl (C=O) groups is 1. The Kier molecular flexibility index (Phi) is 5.93. The summed E-state index contributed by atoms with van der Waals surface area (Å²) in [6, 6.07) is 10.3. The predicted octanol–water partition coefficient (Wildman–Crippen LogP) is 2.24. The Labute approximate surface area is 194 Å². The lowest BCUT2D eigenvalue weighted by molar-refractivity contribution is -0.136. The Hall–Kier alpha value is -3.49. The molecular weight excluding hydrogens is 416 g/mol. The summed E-state index contributed by atoms with van der Waals surface area (Å²) < 4.78 is 1.59. The molecule has 3 aromatic rings. The van der Waals surface area contributed by atoms with Gasteiger partial charge in [-0.15, -0.1) is 10.2 Å². The van der Waals surface area contributed by atoms with E-state index in [4.69, 9.17) is 0 Å². The monoisotopic (exact) mass is 446 g/mol. The van der Waals surface area contributed by atoms with Crippen LogP contribution in [0.25, 0.3) is 5.82 Å². The summed E-state index contributed by atoms with van der Waals surface area (Å²) in [5.41, 5.74) is 3.95. The van der Waals surface area contributed by atoms with Gasteiger partial charge in [0, 0.05) is 50.9 Å². The normalized spacial score (nSPS) is 17.5. The molecule has 2 fully saturated rings. The third-order valence-electron chi connectivity index (χ3n) is 6.97. The van der Waals surface area contributed by atoms with Crippen molar-refractivity contribution in [3.8, 4) is 5.82 Å². The summed E-state index contributed by atoms with van der Waals surface area (Å²) >= 11 is 0. The minimum atomic E-state index is 0.0934. The number of piperidine rings is 1. The molecular formula is C24H30N8O. The summed E-state index contributed by atoms with van der Waals surface area (Å²) in [5.74, 6) is 1.88. The molecule has 172 valence electrons. The SMILES string of the molecule is Cc1cccc(N2CCN(C(=O)C3CCN(c4ccc(-n5cncn5)nn4)CC3)CC2)c1C. The fraction of sp³-hybridized carbons (Fsp3) is 0.458. The van der Waals surface area contributed by atoms with E-state index in [9.17, 15) is 4.79 Å². The molecule has 2 aliphatic heterocycles. The van der Waals surface area contributed by atoms with Gasteiger partial charge in [0.1, 0.15) is 12.7 Å². The summed E-state index contributed by atoms with van der Waals surface area (Å²) in [5, 5.41) is 12.7. The predicted molar refractivity (Wildman–Crippen MR) is 127 cm³/mol. The number of carbonyl (C=O) groups excluding carboxylic acids is 1. The number of aromatic nitrogens is 5. The summed E-state index contributed by atoms with van der Waals surface area (Å²) in [6.07, 6.45) is 4.77. The zero-order valence-electron chi connectivity index (χ0n) is 19.3. The van der Waals surface area contributed by atoms with Gasteiger partial charge in [0.2, 0.25) is 5.91 Å². The Morgan fingerprint density at radius 1 is 0.879 bits per heavy atom. The minimum absolute atomic E-state index is 0.0934. The largest absolute Gasteiger partial charge is 0.368 e. The van der Waals surface area contributed by atoms with E-state index in [1.54, 1.807) is 11.0 Å². The third-order valence-corrected chi connectivity index (χ3v) is 6.97. The third kappa shape index (κ3) is 4.40. The van der Waals surface area contributed by atoms with Gasteiger partial charge in [-0.3, -0.25) is 4.79 Å². The van der Waals surface area contributed by atoms with Gasteiger partial charge in [-0.05, 0) is 56.0 Å². The average molecular weight is 447 g/mol. The van der Waals surface area contributed by atoms with Gasteiger partial charge in [0.05, 0.1) is 0 Å². The fourth-order valence-corrected chi connectivity index (χ4v) is 4.80. The molecule has 4 heterocycles. The van der Waals surface area contributed by atoms with Gasteiger partial charge in [0.15, 0.2) is 11.6 Å². The zero-order chi connectivity index (χ0) is 22.8. The van der Waals surface area contributed by atoms with Crippen LogP contribution in [0.3, 0.4) is 0 Å². The lowest BCUT2D eigenvalue weighted by Gasteiger charge is -2.40. The van der Waals surface area contributed by atoms with Crippen LogP contribution in [0.5, 0.6) is 0 Å². The van der Waals surface area contributed by atoms with Crippen molar-refractivity contribution in [2.75, 3.05) is 49.1 Å². The van der Waals surface area contributed by atoms with Crippen LogP contribution in [0.4, 0.5) is 11.5 Å². The molecule has 9 nitrogen and oxygen atoms in total. The maximum absolute atomic E-state index is 13.2. The van der Waals surface area contributed by atoms with Crippen LogP contribution in [0.15, 0.2) is 43.0 Å². The number of anilines is 2. The second-order valence-electron chi connectivity index (χ2n) is 8.88. The van der Waals surface area contributed by atoms with Gasteiger partial charge < -0.3 is 14.7 Å². The number of amides is 1. The van der Waals surface area contributed by atoms with E-state index in [0.717, 1.165) is 57.9 Å². The topological polar surface area (TPSA) is 83.3 Å². The number of hydrogen-bond donors (Lipinski definition) is 0. The van der Waals surface area contributed by atoms with E-state index in [1.807, 2.05) is 12.1 Å². The van der Waals surface area contributed by atoms with E-state index in [2.05, 4.69) is 67.0 Å². The van der Waals surface area contributed by atoms with E-state index in [-0.39, 0.29) is 5.92 Å². The lowest BCUT2D eigenvalue weighted by Crippen LogP contribution is -2.52. The minimum Gasteiger partial charge on any atom is -0.368 e. The summed E-state index contributed by atoms with van der Waals surface area (Å²) in [7, 11) is 0. The van der Waals surface area contributed by atoms with Crippen molar-refractivity contribution in [1.29, 1.82) is 0 Å². The summed E-state index contributed by atoms with van der Waals surface area (Å²) in [6.45, 7) is 9.34. The Morgan fingerprint density at radius 3 is 2.27 bits per heavy atom. The molecule has 33 heavy (non-hydrogen) atoms. The second kappa shape index (κ2) is 9.17. The Balaban J connectivity index is 1.13. The molecule has 1 aromatic carbocycles. The van der Waals surface area contributed by atoms with Crippen molar-refractivity contribution in [1.82, 2.24) is 29.9 Å². The molecule has 9 heteroatoms. The highest BCUT2D eigenvalue weighted by atomic mass is 16.2. The highest BCUT2D eigenvalue weighted by Gasteiger charge is 2.31. The average Bonchev–Trinajstić information content (AvgIpc) is 3.41. The van der Waals surface area contributed by atoms with Crippen molar-refractivity contribution < 1.29 is 4.79 Å². The number of benzene rings is 1. The molecule has 2 saturated heterocycles. The van der Waals surface area contributed by atoms with Crippen molar-refractivity contribution in [3.05, 3.63) is 54.1 Å². The van der Waals surface area contributed by atoms with Crippen LogP contribution >= 0.6 is 0 Å². The smallest absolute Gasteiger partial charge is 0.225 e. The molecule has 1 amide bonds. The molecule has 0 unspecified atom stereocenters. The number of piperazine rings is 1. The molecule has 0 N–H and O–H groups in total. The zero-order valence-corrected chi connectivity index (χ0v) is 19.3. The first-order valence-electron chi connectivity index (χ1n) is 11.6. The number of nitrogens with zero attached hydrogens (tertiary/aromatic N) is 8. The van der Waals surface area contributed by atoms with E-state index in [1.165, 1.54) is 23.1 Å². The van der Waals surface area contributed by atoms with Gasteiger partial charge in [-0.25, -0.2) is 9.67 Å². The van der Waals surface area contributed by atoms with Gasteiger partial charge in [0.25, 0.3) is 0 Å². The molecule has 0 aliphatic carbocycles. The molecule has 0 bridgehead atoms. The number of aryl methyl sites for hydroxylation is 1. The van der Waals surface area contributed by atoms with Gasteiger partial charge in [-0.1, -0.05) is 12.1 Å². The first-order valence-corrected chi connectivity index (χ1v) is 11.6. The van der Waals surface area contributed by atoms with E-state index < -0.39 is 0 Å². The van der Waals surface area contributed by atoms with Crippen molar-refractivity contribution in [3.63, 3.8) is 0 Å². The van der Waals surface area contributed by atoms with Crippen LogP contribution in [-0.4, -0.2) is 75.0 Å². The lowest BCUT2D eigenvalue weighted by atomic mass is 9.95. The second-order valence-corrected chi connectivity index (χ2v) is 8.88. The number of rotatable bonds is 4. The first kappa shape index (κ1) is 21.4. The van der Waals surface area contributed by atoms with Crippen LogP contribution in [-0.2, 0) is 4.79 Å². The van der Waals surface area contributed by atoms with Gasteiger partial charge >= 0.3 is 0 Å². The molecule has 5 rings (SSSR count). The van der Waals surface area contributed by atoms with E-state index >= 15 is 0 Å². The van der Waals surface area contributed by atoms with Crippen LogP contribution in [0.2, 0.25) is 0 Å². The van der Waals surface area contributed by atoms with Crippen LogP contribution < -0.4 is 9.80 Å². The molecule has 2 aliphatic rings. The quantitative estimate of drug-likeness (QED) is 0.608. The Bertz CT molecular complexity index is 1080. The maximum Gasteiger partial charge on any atom is 0.225 e. The summed E-state index contributed by atoms with van der Waals surface area (Å²) in [4.78, 5) is 23.8. The molecule has 0 atom stereocenters. The van der Waals surface area contributed by atoms with Gasteiger partial charge in [-0.2, -0.15) is 5.10 Å². The number of hydrogen-bond acceptors (Lipinski definition) is 7. The van der Waals surface area contributed by atoms with Crippen LogP contribution in [0.1, 0.15) is 24.0 Å². The standard InChI is InChI=1S/C24H30N8O/c1-18-4-3-5-21(19(18)2)29-12-14-31(15-13-29)24(33)20-8-10-30(11-9-20)22-6-7-23(28-27-22)32-17-25-16-26-32/h3-7,16-17,20H,8-15H2,1-2H3. The van der Waals surface area contributed by atoms with Crippen molar-refractivity contribution in [2.24, 2.45) is 5.92 Å². The van der Waals surface area contributed by atoms with E-state index in [0.29, 0.717) is 11.7 Å². The highest BCUT2D eigenvalue weighted by molar-refractivity contribution is 5.79. The Morgan fingerprint density at radius 2 is 1.61 bits per heavy atom. The van der Waals surface area contributed by atoms with Crippen LogP contribution in [0, 0.1) is 19.8 Å². The fourth-order valence-electron chi connectivity index (χ4n) is 4.80. The molecule has 0 saturated carbocycles. The van der Waals surface area contributed by atoms with Crippen molar-refractivity contribution in [2.45, 2.75) is 26.7 Å². The van der Waals surface area contributed by atoms with Crippen molar-refractivity contribution >= 4 is 17.4 Å². The molecule has 2 aromatic heterocycles. The maximum atomic E-state index is 13.2. The first-order chi connectivity index (χ1) is 16.1. The molecule has 0 spiro atoms. The highest BCUT2D eigenvalue weighted by Crippen LogP contribution is 2.26. The molecule has 0 radical (unpaired) electrons.